The first kappa shape index (κ1) is 19.1. The standard InChI is InChI=1S/C20H23N5OS/c1-13(2)16-9-5-6-10-17(16)21-19(26)12-27-20-22-23-24-25(20)18-11-7-8-14(3)15(18)4/h5-11,13H,12H2,1-4H3,(H,21,26). The molecule has 1 aromatic heterocycles. The molecule has 0 bridgehead atoms. The molecule has 1 N–H and O–H groups in total. The average Bonchev–Trinajstić information content (AvgIpc) is 3.11. The number of hydrogen-bond donors (Lipinski definition) is 1. The van der Waals surface area contributed by atoms with Gasteiger partial charge in [0, 0.05) is 5.69 Å². The smallest absolute Gasteiger partial charge is 0.234 e. The molecule has 0 aliphatic carbocycles. The summed E-state index contributed by atoms with van der Waals surface area (Å²) in [6, 6.07) is 13.9. The molecule has 0 saturated carbocycles. The summed E-state index contributed by atoms with van der Waals surface area (Å²) < 4.78 is 1.68. The third-order valence-corrected chi connectivity index (χ3v) is 5.35. The molecule has 0 spiro atoms. The maximum atomic E-state index is 12.4. The Hall–Kier alpha value is -2.67. The Labute approximate surface area is 163 Å². The van der Waals surface area contributed by atoms with Gasteiger partial charge in [0.05, 0.1) is 11.4 Å². The van der Waals surface area contributed by atoms with Crippen molar-refractivity contribution in [1.82, 2.24) is 20.2 Å². The molecule has 140 valence electrons. The minimum Gasteiger partial charge on any atom is -0.325 e. The second kappa shape index (κ2) is 8.35. The molecular formula is C20H23N5OS. The van der Waals surface area contributed by atoms with Gasteiger partial charge in [-0.3, -0.25) is 4.79 Å². The fourth-order valence-corrected chi connectivity index (χ4v) is 3.50. The van der Waals surface area contributed by atoms with Gasteiger partial charge in [-0.25, -0.2) is 0 Å². The number of nitrogens with zero attached hydrogens (tertiary/aromatic N) is 4. The van der Waals surface area contributed by atoms with E-state index in [0.29, 0.717) is 11.1 Å². The topological polar surface area (TPSA) is 72.7 Å². The largest absolute Gasteiger partial charge is 0.325 e. The summed E-state index contributed by atoms with van der Waals surface area (Å²) in [6.07, 6.45) is 0. The van der Waals surface area contributed by atoms with E-state index < -0.39 is 0 Å². The lowest BCUT2D eigenvalue weighted by Crippen LogP contribution is -2.16. The molecule has 2 aromatic carbocycles. The molecular weight excluding hydrogens is 358 g/mol. The zero-order valence-corrected chi connectivity index (χ0v) is 16.7. The van der Waals surface area contributed by atoms with E-state index in [1.54, 1.807) is 4.68 Å². The summed E-state index contributed by atoms with van der Waals surface area (Å²) >= 11 is 1.32. The highest BCUT2D eigenvalue weighted by Gasteiger charge is 2.15. The molecule has 0 aliphatic heterocycles. The summed E-state index contributed by atoms with van der Waals surface area (Å²) in [6.45, 7) is 8.31. The van der Waals surface area contributed by atoms with Crippen LogP contribution >= 0.6 is 11.8 Å². The van der Waals surface area contributed by atoms with Gasteiger partial charge in [-0.05, 0) is 59.0 Å². The highest BCUT2D eigenvalue weighted by Crippen LogP contribution is 2.25. The first-order valence-corrected chi connectivity index (χ1v) is 9.82. The summed E-state index contributed by atoms with van der Waals surface area (Å²) in [7, 11) is 0. The number of tetrazole rings is 1. The molecule has 1 heterocycles. The number of aryl methyl sites for hydroxylation is 1. The summed E-state index contributed by atoms with van der Waals surface area (Å²) in [4.78, 5) is 12.4. The van der Waals surface area contributed by atoms with E-state index in [1.807, 2.05) is 43.3 Å². The maximum Gasteiger partial charge on any atom is 0.234 e. The lowest BCUT2D eigenvalue weighted by molar-refractivity contribution is -0.113. The number of benzene rings is 2. The van der Waals surface area contributed by atoms with Crippen molar-refractivity contribution in [1.29, 1.82) is 0 Å². The second-order valence-electron chi connectivity index (χ2n) is 6.67. The van der Waals surface area contributed by atoms with Crippen LogP contribution in [-0.4, -0.2) is 31.9 Å². The van der Waals surface area contributed by atoms with Crippen molar-refractivity contribution in [2.24, 2.45) is 0 Å². The number of hydrogen-bond acceptors (Lipinski definition) is 5. The summed E-state index contributed by atoms with van der Waals surface area (Å²) in [5.74, 6) is 0.492. The molecule has 0 fully saturated rings. The first-order valence-electron chi connectivity index (χ1n) is 8.84. The number of thioether (sulfide) groups is 1. The predicted molar refractivity (Wildman–Crippen MR) is 109 cm³/mol. The Morgan fingerprint density at radius 1 is 1.15 bits per heavy atom. The van der Waals surface area contributed by atoms with Gasteiger partial charge in [0.15, 0.2) is 0 Å². The number of para-hydroxylation sites is 1. The minimum atomic E-state index is -0.0800. The Bertz CT molecular complexity index is 951. The van der Waals surface area contributed by atoms with Crippen molar-refractivity contribution in [3.63, 3.8) is 0 Å². The zero-order chi connectivity index (χ0) is 19.4. The van der Waals surface area contributed by atoms with Crippen LogP contribution in [0.5, 0.6) is 0 Å². The van der Waals surface area contributed by atoms with E-state index in [0.717, 1.165) is 22.5 Å². The van der Waals surface area contributed by atoms with Crippen molar-refractivity contribution in [3.05, 3.63) is 59.2 Å². The van der Waals surface area contributed by atoms with Crippen LogP contribution in [0.3, 0.4) is 0 Å². The minimum absolute atomic E-state index is 0.0800. The van der Waals surface area contributed by atoms with Gasteiger partial charge in [0.1, 0.15) is 0 Å². The number of anilines is 1. The fourth-order valence-electron chi connectivity index (χ4n) is 2.82. The molecule has 0 atom stereocenters. The highest BCUT2D eigenvalue weighted by atomic mass is 32.2. The van der Waals surface area contributed by atoms with Gasteiger partial charge in [-0.15, -0.1) is 5.10 Å². The zero-order valence-electron chi connectivity index (χ0n) is 15.9. The van der Waals surface area contributed by atoms with Gasteiger partial charge in [-0.1, -0.05) is 55.9 Å². The molecule has 0 unspecified atom stereocenters. The van der Waals surface area contributed by atoms with Crippen LogP contribution in [0.25, 0.3) is 5.69 Å². The van der Waals surface area contributed by atoms with Crippen LogP contribution in [0.15, 0.2) is 47.6 Å². The van der Waals surface area contributed by atoms with Crippen molar-refractivity contribution in [3.8, 4) is 5.69 Å². The van der Waals surface area contributed by atoms with E-state index in [9.17, 15) is 4.79 Å². The molecule has 6 nitrogen and oxygen atoms in total. The number of amides is 1. The molecule has 0 radical (unpaired) electrons. The van der Waals surface area contributed by atoms with Crippen molar-refractivity contribution < 1.29 is 4.79 Å². The van der Waals surface area contributed by atoms with Crippen LogP contribution in [-0.2, 0) is 4.79 Å². The molecule has 1 amide bonds. The number of carbonyl (C=O) groups excluding carboxylic acids is 1. The average molecular weight is 382 g/mol. The van der Waals surface area contributed by atoms with Crippen molar-refractivity contribution in [2.45, 2.75) is 38.8 Å². The maximum absolute atomic E-state index is 12.4. The summed E-state index contributed by atoms with van der Waals surface area (Å²) in [5.41, 5.74) is 5.18. The number of carbonyl (C=O) groups is 1. The van der Waals surface area contributed by atoms with Crippen LogP contribution in [0.2, 0.25) is 0 Å². The molecule has 3 rings (SSSR count). The van der Waals surface area contributed by atoms with E-state index in [-0.39, 0.29) is 11.7 Å². The van der Waals surface area contributed by atoms with Gasteiger partial charge < -0.3 is 5.32 Å². The molecule has 27 heavy (non-hydrogen) atoms. The van der Waals surface area contributed by atoms with Crippen molar-refractivity contribution >= 4 is 23.4 Å². The van der Waals surface area contributed by atoms with Crippen LogP contribution < -0.4 is 5.32 Å². The second-order valence-corrected chi connectivity index (χ2v) is 7.61. The molecule has 7 heteroatoms. The molecule has 0 saturated heterocycles. The Morgan fingerprint density at radius 2 is 1.93 bits per heavy atom. The third-order valence-electron chi connectivity index (χ3n) is 4.43. The lowest BCUT2D eigenvalue weighted by atomic mass is 10.0. The van der Waals surface area contributed by atoms with Gasteiger partial charge in [0.2, 0.25) is 11.1 Å². The van der Waals surface area contributed by atoms with Gasteiger partial charge in [-0.2, -0.15) is 4.68 Å². The Kier molecular flexibility index (Phi) is 5.91. The quantitative estimate of drug-likeness (QED) is 0.650. The molecule has 3 aromatic rings. The fraction of sp³-hybridized carbons (Fsp3) is 0.300. The molecule has 0 aliphatic rings. The normalized spacial score (nSPS) is 11.0. The monoisotopic (exact) mass is 381 g/mol. The van der Waals surface area contributed by atoms with Crippen molar-refractivity contribution in [2.75, 3.05) is 11.1 Å². The number of rotatable bonds is 6. The van der Waals surface area contributed by atoms with E-state index in [4.69, 9.17) is 0 Å². The highest BCUT2D eigenvalue weighted by molar-refractivity contribution is 7.99. The van der Waals surface area contributed by atoms with Crippen LogP contribution in [0.4, 0.5) is 5.69 Å². The lowest BCUT2D eigenvalue weighted by Gasteiger charge is -2.13. The van der Waals surface area contributed by atoms with E-state index in [2.05, 4.69) is 47.7 Å². The first-order chi connectivity index (χ1) is 13.0. The Morgan fingerprint density at radius 3 is 2.70 bits per heavy atom. The predicted octanol–water partition coefficient (Wildman–Crippen LogP) is 4.13. The SMILES string of the molecule is Cc1cccc(-n2nnnc2SCC(=O)Nc2ccccc2C(C)C)c1C. The van der Waals surface area contributed by atoms with Gasteiger partial charge >= 0.3 is 0 Å². The summed E-state index contributed by atoms with van der Waals surface area (Å²) in [5, 5.41) is 15.5. The van der Waals surface area contributed by atoms with E-state index in [1.165, 1.54) is 17.3 Å². The number of nitrogens with one attached hydrogen (secondary N) is 1. The van der Waals surface area contributed by atoms with Crippen LogP contribution in [0, 0.1) is 13.8 Å². The third kappa shape index (κ3) is 4.36. The Balaban J connectivity index is 1.71. The van der Waals surface area contributed by atoms with Gasteiger partial charge in [0.25, 0.3) is 0 Å². The number of aromatic nitrogens is 4. The van der Waals surface area contributed by atoms with E-state index >= 15 is 0 Å². The van der Waals surface area contributed by atoms with Crippen LogP contribution in [0.1, 0.15) is 36.5 Å².